The third kappa shape index (κ3) is 3.38. The van der Waals surface area contributed by atoms with Gasteiger partial charge in [0.1, 0.15) is 0 Å². The van der Waals surface area contributed by atoms with Gasteiger partial charge in [-0.3, -0.25) is 4.99 Å². The van der Waals surface area contributed by atoms with E-state index in [9.17, 15) is 0 Å². The lowest BCUT2D eigenvalue weighted by atomic mass is 10.1. The minimum absolute atomic E-state index is 0.424. The number of amidine groups is 1. The van der Waals surface area contributed by atoms with Crippen molar-refractivity contribution >= 4 is 22.6 Å². The van der Waals surface area contributed by atoms with Crippen molar-refractivity contribution in [2.24, 2.45) is 10.9 Å². The van der Waals surface area contributed by atoms with E-state index in [1.165, 1.54) is 0 Å². The van der Waals surface area contributed by atoms with E-state index >= 15 is 0 Å². The van der Waals surface area contributed by atoms with Gasteiger partial charge >= 0.3 is 0 Å². The summed E-state index contributed by atoms with van der Waals surface area (Å²) in [5, 5.41) is 4.28. The number of nitrogens with one attached hydrogen (secondary N) is 1. The highest BCUT2D eigenvalue weighted by molar-refractivity contribution is 8.14. The van der Waals surface area contributed by atoms with Gasteiger partial charge in [-0.05, 0) is 18.9 Å². The number of aliphatic imine (C=N–C) groups is 1. The Kier molecular flexibility index (Phi) is 4.47. The number of rotatable bonds is 4. The highest BCUT2D eigenvalue weighted by Gasteiger charge is 2.21. The monoisotopic (exact) mass is 265 g/mol. The topological polar surface area (TPSA) is 46.5 Å². The van der Waals surface area contributed by atoms with Crippen LogP contribution in [0.25, 0.3) is 0 Å². The van der Waals surface area contributed by atoms with Gasteiger partial charge in [0.15, 0.2) is 5.17 Å². The molecule has 1 aliphatic heterocycles. The van der Waals surface area contributed by atoms with E-state index in [2.05, 4.69) is 29.1 Å². The number of hydrogen-bond donors (Lipinski definition) is 1. The molecule has 1 N–H and O–H groups in total. The molecule has 0 bridgehead atoms. The van der Waals surface area contributed by atoms with Crippen LogP contribution in [0.4, 0.5) is 5.69 Å². The zero-order valence-corrected chi connectivity index (χ0v) is 11.8. The predicted molar refractivity (Wildman–Crippen MR) is 77.5 cm³/mol. The van der Waals surface area contributed by atoms with E-state index in [4.69, 9.17) is 4.74 Å². The summed E-state index contributed by atoms with van der Waals surface area (Å²) >= 11 is 1.77. The van der Waals surface area contributed by atoms with E-state index in [1.54, 1.807) is 18.0 Å². The van der Waals surface area contributed by atoms with Crippen LogP contribution in [0.15, 0.2) is 23.3 Å². The smallest absolute Gasteiger partial charge is 0.213 e. The quantitative estimate of drug-likeness (QED) is 0.909. The van der Waals surface area contributed by atoms with Crippen molar-refractivity contribution in [1.82, 2.24) is 4.98 Å². The molecule has 0 radical (unpaired) electrons. The summed E-state index contributed by atoms with van der Waals surface area (Å²) in [5.74, 6) is 2.31. The Hall–Kier alpha value is -1.23. The molecular formula is C13H19N3OS. The van der Waals surface area contributed by atoms with E-state index < -0.39 is 0 Å². The first-order valence-electron chi connectivity index (χ1n) is 6.25. The van der Waals surface area contributed by atoms with Gasteiger partial charge in [-0.15, -0.1) is 0 Å². The Bertz CT molecular complexity index is 417. The Labute approximate surface area is 112 Å². The highest BCUT2D eigenvalue weighted by Crippen LogP contribution is 2.24. The standard InChI is InChI=1S/C13H19N3OS/c1-4-17-12-6-5-10(7-14-12)15-13-16-11(8-18-13)9(2)3/h5-7,9,11H,4,8H2,1-3H3,(H,15,16). The Morgan fingerprint density at radius 3 is 2.89 bits per heavy atom. The molecule has 2 heterocycles. The lowest BCUT2D eigenvalue weighted by molar-refractivity contribution is 0.327. The molecule has 0 aromatic carbocycles. The molecule has 5 heteroatoms. The normalized spacial score (nSPS) is 18.9. The molecule has 1 aliphatic rings. The number of aromatic nitrogens is 1. The van der Waals surface area contributed by atoms with Crippen molar-refractivity contribution in [3.05, 3.63) is 18.3 Å². The third-order valence-corrected chi connectivity index (χ3v) is 3.71. The zero-order chi connectivity index (χ0) is 13.0. The summed E-state index contributed by atoms with van der Waals surface area (Å²) in [6, 6.07) is 4.25. The number of nitrogens with zero attached hydrogens (tertiary/aromatic N) is 2. The van der Waals surface area contributed by atoms with Crippen LogP contribution in [-0.4, -0.2) is 28.6 Å². The van der Waals surface area contributed by atoms with Gasteiger partial charge in [0, 0.05) is 11.8 Å². The third-order valence-electron chi connectivity index (χ3n) is 2.72. The molecule has 18 heavy (non-hydrogen) atoms. The van der Waals surface area contributed by atoms with Crippen molar-refractivity contribution in [1.29, 1.82) is 0 Å². The zero-order valence-electron chi connectivity index (χ0n) is 11.0. The number of pyridine rings is 1. The van der Waals surface area contributed by atoms with Crippen LogP contribution in [0, 0.1) is 5.92 Å². The molecule has 0 amide bonds. The maximum Gasteiger partial charge on any atom is 0.213 e. The number of ether oxygens (including phenoxy) is 1. The Morgan fingerprint density at radius 1 is 1.50 bits per heavy atom. The molecule has 1 aromatic rings. The van der Waals surface area contributed by atoms with Gasteiger partial charge in [-0.2, -0.15) is 0 Å². The van der Waals surface area contributed by atoms with Crippen molar-refractivity contribution in [2.75, 3.05) is 17.7 Å². The van der Waals surface area contributed by atoms with Crippen LogP contribution in [0.2, 0.25) is 0 Å². The first-order chi connectivity index (χ1) is 8.69. The van der Waals surface area contributed by atoms with Crippen molar-refractivity contribution < 1.29 is 4.74 Å². The fraction of sp³-hybridized carbons (Fsp3) is 0.538. The van der Waals surface area contributed by atoms with Gasteiger partial charge in [0.2, 0.25) is 5.88 Å². The van der Waals surface area contributed by atoms with Crippen molar-refractivity contribution in [2.45, 2.75) is 26.8 Å². The molecule has 4 nitrogen and oxygen atoms in total. The van der Waals surface area contributed by atoms with E-state index in [0.29, 0.717) is 24.4 Å². The van der Waals surface area contributed by atoms with E-state index in [1.807, 2.05) is 19.1 Å². The molecule has 2 rings (SSSR count). The maximum absolute atomic E-state index is 5.31. The minimum atomic E-state index is 0.424. The molecule has 1 aromatic heterocycles. The summed E-state index contributed by atoms with van der Waals surface area (Å²) in [6.45, 7) is 6.99. The largest absolute Gasteiger partial charge is 0.478 e. The maximum atomic E-state index is 5.31. The van der Waals surface area contributed by atoms with Gasteiger partial charge in [-0.1, -0.05) is 25.6 Å². The second-order valence-electron chi connectivity index (χ2n) is 4.50. The summed E-state index contributed by atoms with van der Waals surface area (Å²) in [6.07, 6.45) is 1.77. The fourth-order valence-corrected chi connectivity index (χ4v) is 2.80. The average molecular weight is 265 g/mol. The summed E-state index contributed by atoms with van der Waals surface area (Å²) < 4.78 is 5.31. The summed E-state index contributed by atoms with van der Waals surface area (Å²) in [7, 11) is 0. The van der Waals surface area contributed by atoms with Crippen molar-refractivity contribution in [3.63, 3.8) is 0 Å². The first-order valence-corrected chi connectivity index (χ1v) is 7.24. The number of anilines is 1. The molecule has 0 spiro atoms. The summed E-state index contributed by atoms with van der Waals surface area (Å²) in [5.41, 5.74) is 0.953. The van der Waals surface area contributed by atoms with Gasteiger partial charge in [0.05, 0.1) is 24.5 Å². The summed E-state index contributed by atoms with van der Waals surface area (Å²) in [4.78, 5) is 8.87. The van der Waals surface area contributed by atoms with Crippen LogP contribution in [0.1, 0.15) is 20.8 Å². The Morgan fingerprint density at radius 2 is 2.33 bits per heavy atom. The van der Waals surface area contributed by atoms with Crippen LogP contribution >= 0.6 is 11.8 Å². The highest BCUT2D eigenvalue weighted by atomic mass is 32.2. The van der Waals surface area contributed by atoms with E-state index in [-0.39, 0.29) is 0 Å². The molecule has 1 unspecified atom stereocenters. The number of hydrogen-bond acceptors (Lipinski definition) is 5. The average Bonchev–Trinajstić information content (AvgIpc) is 2.81. The molecule has 0 fully saturated rings. The van der Waals surface area contributed by atoms with Crippen LogP contribution in [-0.2, 0) is 0 Å². The molecule has 98 valence electrons. The number of thioether (sulfide) groups is 1. The van der Waals surface area contributed by atoms with E-state index in [0.717, 1.165) is 16.6 Å². The molecule has 0 aliphatic carbocycles. The molecule has 0 saturated carbocycles. The minimum Gasteiger partial charge on any atom is -0.478 e. The van der Waals surface area contributed by atoms with Crippen LogP contribution < -0.4 is 10.1 Å². The molecule has 0 saturated heterocycles. The first kappa shape index (κ1) is 13.2. The second-order valence-corrected chi connectivity index (χ2v) is 5.51. The van der Waals surface area contributed by atoms with Crippen molar-refractivity contribution in [3.8, 4) is 5.88 Å². The predicted octanol–water partition coefficient (Wildman–Crippen LogP) is 3.02. The van der Waals surface area contributed by atoms with Gasteiger partial charge in [0.25, 0.3) is 0 Å². The lowest BCUT2D eigenvalue weighted by Gasteiger charge is -2.08. The Balaban J connectivity index is 1.95. The fourth-order valence-electron chi connectivity index (χ4n) is 1.61. The SMILES string of the molecule is CCOc1ccc(NC2=NC(C(C)C)CS2)cn1. The van der Waals surface area contributed by atoms with Crippen LogP contribution in [0.5, 0.6) is 5.88 Å². The molecule has 1 atom stereocenters. The van der Waals surface area contributed by atoms with Crippen LogP contribution in [0.3, 0.4) is 0 Å². The lowest BCUT2D eigenvalue weighted by Crippen LogP contribution is -2.12. The molecular weight excluding hydrogens is 246 g/mol. The second kappa shape index (κ2) is 6.09. The van der Waals surface area contributed by atoms with Gasteiger partial charge in [-0.25, -0.2) is 4.98 Å². The van der Waals surface area contributed by atoms with Gasteiger partial charge < -0.3 is 10.1 Å².